The molecule has 12 rings (SSSR count). The number of benzene rings is 1. The first kappa shape index (κ1) is 70.4. The van der Waals surface area contributed by atoms with Crippen molar-refractivity contribution < 1.29 is 87.3 Å². The molecule has 1 saturated heterocycles. The number of carbonyl (C=O) groups is 8. The zero-order valence-corrected chi connectivity index (χ0v) is 58.3. The van der Waals surface area contributed by atoms with E-state index in [0.717, 1.165) is 56.7 Å². The molecular weight excluding hydrogens is 1400 g/mol. The van der Waals surface area contributed by atoms with Gasteiger partial charge in [-0.05, 0) is 66.4 Å². The summed E-state index contributed by atoms with van der Waals surface area (Å²) in [6.07, 6.45) is -7.53. The van der Waals surface area contributed by atoms with Gasteiger partial charge in [0.15, 0.2) is 18.1 Å². The van der Waals surface area contributed by atoms with E-state index in [1.165, 1.54) is 56.2 Å². The molecule has 33 nitrogen and oxygen atoms in total. The molecular formula is C62H65N15O18S5. The number of likely N-dealkylation sites (N-methyl/N-ethyl adjacent to an activating group) is 1. The van der Waals surface area contributed by atoms with Crippen LogP contribution in [0.3, 0.4) is 0 Å². The lowest BCUT2D eigenvalue weighted by Gasteiger charge is -2.48. The van der Waals surface area contributed by atoms with Crippen LogP contribution in [-0.4, -0.2) is 190 Å². The van der Waals surface area contributed by atoms with Crippen LogP contribution in [0.1, 0.15) is 127 Å². The van der Waals surface area contributed by atoms with Crippen molar-refractivity contribution in [1.29, 1.82) is 0 Å². The number of nitrogens with one attached hydrogen (secondary N) is 6. The molecule has 0 saturated carbocycles. The second-order valence-corrected chi connectivity index (χ2v) is 28.4. The molecule has 100 heavy (non-hydrogen) atoms. The molecule has 1 fully saturated rings. The van der Waals surface area contributed by atoms with Gasteiger partial charge in [-0.1, -0.05) is 12.1 Å². The van der Waals surface area contributed by atoms with E-state index in [4.69, 9.17) is 49.1 Å². The summed E-state index contributed by atoms with van der Waals surface area (Å²) in [6, 6.07) is -1.14. The third-order valence-corrected chi connectivity index (χ3v) is 21.3. The average Bonchev–Trinajstić information content (AvgIpc) is 1.59. The van der Waals surface area contributed by atoms with E-state index in [-0.39, 0.29) is 106 Å². The minimum absolute atomic E-state index is 0.0126. The smallest absolute Gasteiger partial charge is 0.358 e. The summed E-state index contributed by atoms with van der Waals surface area (Å²) < 4.78 is 38.3. The fourth-order valence-electron chi connectivity index (χ4n) is 12.1. The number of aromatic hydroxyl groups is 1. The maximum absolute atomic E-state index is 15.2. The summed E-state index contributed by atoms with van der Waals surface area (Å²) in [7, 11) is 4.85. The summed E-state index contributed by atoms with van der Waals surface area (Å²) in [6.45, 7) is 5.61. The number of rotatable bonds is 10. The van der Waals surface area contributed by atoms with Crippen LogP contribution in [0, 0.1) is 0 Å². The SMILES string of the molecule is CO/C(C)=C1/NC(=O)[C@H]([C@@H](C)O)NC(=O)c2csc(n2)-c2cc(O)c(-c3nc(CNC(=O)[C@@H](C)NC(N)=O)cs3)nc2-c2csc(n2)[C@@H]2COC(=O)c3c4c5c(cccc5n3O)COC(=O)[C@@H](O[C@H]3C[C@](C)(O)[C@H](N(C)C)[C@H](C)O3)[C@@H](OC4)[C@H](NC(=O)c3csc1n3)c1nc(cs1)C(=O)N2. The lowest BCUT2D eigenvalue weighted by atomic mass is 9.85. The second-order valence-electron chi connectivity index (χ2n) is 24.1. The first-order valence-electron chi connectivity index (χ1n) is 30.7. The van der Waals surface area contributed by atoms with Crippen LogP contribution < -0.4 is 37.6 Å². The van der Waals surface area contributed by atoms with Crippen molar-refractivity contribution in [2.24, 2.45) is 5.73 Å². The number of urea groups is 1. The highest BCUT2D eigenvalue weighted by Crippen LogP contribution is 2.43. The van der Waals surface area contributed by atoms with E-state index >= 15 is 14.4 Å². The number of fused-ring (bicyclic) bond motifs is 15. The van der Waals surface area contributed by atoms with Crippen LogP contribution in [0.2, 0.25) is 0 Å². The molecule has 7 aromatic heterocycles. The van der Waals surface area contributed by atoms with Gasteiger partial charge in [0.25, 0.3) is 17.7 Å². The van der Waals surface area contributed by atoms with Gasteiger partial charge in [-0.2, -0.15) is 4.73 Å². The number of aromatic nitrogens is 7. The molecule has 526 valence electrons. The predicted molar refractivity (Wildman–Crippen MR) is 358 cm³/mol. The van der Waals surface area contributed by atoms with Crippen LogP contribution >= 0.6 is 56.7 Å². The lowest BCUT2D eigenvalue weighted by Crippen LogP contribution is -2.62. The number of nitrogens with two attached hydrogens (primary N) is 1. The predicted octanol–water partition coefficient (Wildman–Crippen LogP) is 3.84. The van der Waals surface area contributed by atoms with E-state index in [1.54, 1.807) is 55.7 Å². The Morgan fingerprint density at radius 1 is 0.850 bits per heavy atom. The van der Waals surface area contributed by atoms with E-state index in [0.29, 0.717) is 16.0 Å². The molecule has 38 heteroatoms. The first-order valence-corrected chi connectivity index (χ1v) is 35.1. The van der Waals surface area contributed by atoms with Gasteiger partial charge in [-0.15, -0.1) is 56.7 Å². The number of hydrogen-bond donors (Lipinski definition) is 11. The fraction of sp³-hybridized carbons (Fsp3) is 0.387. The average molecular weight is 1470 g/mol. The maximum atomic E-state index is 15.2. The molecule has 0 spiro atoms. The number of pyridine rings is 1. The number of carbonyl (C=O) groups excluding carboxylic acids is 8. The number of ether oxygens (including phenoxy) is 6. The number of allylic oxidation sites excluding steroid dienone is 1. The molecule has 11 heterocycles. The van der Waals surface area contributed by atoms with E-state index < -0.39 is 145 Å². The minimum atomic E-state index is -1.91. The Hall–Kier alpha value is -9.48. The van der Waals surface area contributed by atoms with Crippen LogP contribution in [0.5, 0.6) is 5.75 Å². The first-order chi connectivity index (χ1) is 47.7. The summed E-state index contributed by atoms with van der Waals surface area (Å²) in [5.74, 6) is -6.83. The number of esters is 2. The zero-order chi connectivity index (χ0) is 71.3. The number of primary amides is 1. The quantitative estimate of drug-likeness (QED) is 0.0526. The summed E-state index contributed by atoms with van der Waals surface area (Å²) in [4.78, 5) is 144. The van der Waals surface area contributed by atoms with Crippen molar-refractivity contribution >= 4 is 121 Å². The highest BCUT2D eigenvalue weighted by atomic mass is 32.1. The Morgan fingerprint density at radius 3 is 2.24 bits per heavy atom. The Labute approximate surface area is 587 Å². The molecule has 8 aromatic rings. The molecule has 11 atom stereocenters. The van der Waals surface area contributed by atoms with Gasteiger partial charge in [0.05, 0.1) is 55.3 Å². The Morgan fingerprint density at radius 2 is 1.52 bits per heavy atom. The van der Waals surface area contributed by atoms with Gasteiger partial charge in [-0.25, -0.2) is 44.3 Å². The maximum Gasteiger partial charge on any atom is 0.358 e. The molecule has 0 unspecified atom stereocenters. The highest BCUT2D eigenvalue weighted by Gasteiger charge is 2.50. The number of nitrogens with zero attached hydrogens (tertiary/aromatic N) is 8. The Kier molecular flexibility index (Phi) is 20.2. The summed E-state index contributed by atoms with van der Waals surface area (Å²) in [5, 5.41) is 70.9. The third-order valence-electron chi connectivity index (χ3n) is 16.8. The van der Waals surface area contributed by atoms with Crippen LogP contribution in [0.25, 0.3) is 49.3 Å². The lowest BCUT2D eigenvalue weighted by molar-refractivity contribution is -0.280. The largest absolute Gasteiger partial charge is 0.506 e. The van der Waals surface area contributed by atoms with Crippen molar-refractivity contribution in [3.8, 4) is 38.4 Å². The van der Waals surface area contributed by atoms with E-state index in [2.05, 4.69) is 46.9 Å². The molecule has 0 radical (unpaired) electrons. The number of aliphatic hydroxyl groups is 2. The molecule has 12 bridgehead atoms. The number of aliphatic hydroxyl groups excluding tert-OH is 1. The molecule has 0 aliphatic carbocycles. The van der Waals surface area contributed by atoms with Gasteiger partial charge in [-0.3, -0.25) is 24.0 Å². The van der Waals surface area contributed by atoms with Crippen LogP contribution in [0.15, 0.2) is 56.9 Å². The van der Waals surface area contributed by atoms with Gasteiger partial charge >= 0.3 is 18.0 Å². The number of amides is 7. The molecule has 4 aliphatic rings. The Balaban J connectivity index is 1.02. The van der Waals surface area contributed by atoms with Crippen LogP contribution in [-0.2, 0) is 62.6 Å². The highest BCUT2D eigenvalue weighted by molar-refractivity contribution is 7.14. The normalized spacial score (nSPS) is 24.1. The second kappa shape index (κ2) is 28.6. The third kappa shape index (κ3) is 14.2. The molecule has 12 N–H and O–H groups in total. The molecule has 7 amide bonds. The van der Waals surface area contributed by atoms with Crippen molar-refractivity contribution in [2.45, 2.75) is 127 Å². The topological polar surface area (TPSA) is 457 Å². The summed E-state index contributed by atoms with van der Waals surface area (Å²) >= 11 is 4.70. The minimum Gasteiger partial charge on any atom is -0.506 e. The molecule has 1 aromatic carbocycles. The Bertz CT molecular complexity index is 4590. The van der Waals surface area contributed by atoms with Crippen molar-refractivity contribution in [3.63, 3.8) is 0 Å². The zero-order valence-electron chi connectivity index (χ0n) is 54.2. The van der Waals surface area contributed by atoms with Gasteiger partial charge in [0.1, 0.15) is 120 Å². The van der Waals surface area contributed by atoms with Crippen molar-refractivity contribution in [1.82, 2.24) is 71.4 Å². The fourth-order valence-corrected chi connectivity index (χ4v) is 16.3. The number of thiazole rings is 5. The van der Waals surface area contributed by atoms with E-state index in [9.17, 15) is 44.5 Å². The van der Waals surface area contributed by atoms with E-state index in [1.807, 2.05) is 0 Å². The van der Waals surface area contributed by atoms with Gasteiger partial charge < -0.3 is 91.5 Å². The van der Waals surface area contributed by atoms with Crippen molar-refractivity contribution in [3.05, 3.63) is 112 Å². The summed E-state index contributed by atoms with van der Waals surface area (Å²) in [5.41, 5.74) is 3.23. The van der Waals surface area contributed by atoms with Crippen molar-refractivity contribution in [2.75, 3.05) is 27.8 Å². The number of hydrogen-bond acceptors (Lipinski definition) is 30. The van der Waals surface area contributed by atoms with Gasteiger partial charge in [0.2, 0.25) is 11.8 Å². The molecule has 4 aliphatic heterocycles. The van der Waals surface area contributed by atoms with Crippen LogP contribution in [0.4, 0.5) is 4.79 Å². The number of methoxy groups -OCH3 is 1. The monoisotopic (exact) mass is 1470 g/mol. The standard InChI is InChI=1S/C62H65N15O18S5/c1-23(65-61(63)87)49(80)64-14-28-18-96-57(66-28)43-37(79)12-29-42(72-43)32-19-98-55(68-32)31-17-93-59(85)45-30-16-91-46(47(95-38-13-62(5,88)48(76(6)7)26(4)94-38)60(86)92-15-27-10-9-11-36(39(27)30)77(45)89)44(58-71-33(21-100-58)50(81)67-31)75-52(83)35-22-99-56(70-35)41(25(3)90-8)74-53(84)40(24(2)78)73-51(82)34-20-97-54(29)69-34/h9-12,18-24,26,31,38,40,44,46-48,78-79,88-89H,13-17H2,1-8H3,(H,64,80)(H,67,81)(H,73,82)(H,74,84)(H,75,83)(H3,63,65,87)/b41-25+/t23-,24-,26+,31+,38+,40+,44+,46+,47+,48-,62+/m1/s1. The number of cyclic esters (lactones) is 2. The van der Waals surface area contributed by atoms with Gasteiger partial charge in [0, 0.05) is 49.8 Å².